The number of methoxy groups -OCH3 is 2. The number of amides is 1. The lowest BCUT2D eigenvalue weighted by atomic mass is 10.1. The van der Waals surface area contributed by atoms with E-state index in [-0.39, 0.29) is 23.4 Å². The summed E-state index contributed by atoms with van der Waals surface area (Å²) in [7, 11) is 5.42. The van der Waals surface area contributed by atoms with Crippen molar-refractivity contribution in [2.24, 2.45) is 5.92 Å². The molecular weight excluding hydrogens is 530 g/mol. The van der Waals surface area contributed by atoms with E-state index in [2.05, 4.69) is 65.3 Å². The third kappa shape index (κ3) is 6.56. The third-order valence-corrected chi connectivity index (χ3v) is 11.0. The molecule has 1 saturated heterocycles. The number of carbonyl (C=O) groups excluding carboxylic acids is 2. The topological polar surface area (TPSA) is 115 Å². The van der Waals surface area contributed by atoms with Crippen LogP contribution in [0.3, 0.4) is 0 Å². The van der Waals surface area contributed by atoms with Gasteiger partial charge in [0.05, 0.1) is 28.4 Å². The van der Waals surface area contributed by atoms with E-state index in [9.17, 15) is 9.59 Å². The molecule has 0 radical (unpaired) electrons. The van der Waals surface area contributed by atoms with Crippen LogP contribution >= 0.6 is 0 Å². The molecule has 4 rings (SSSR count). The molecule has 1 N–H and O–H groups in total. The number of ether oxygens (including phenoxy) is 4. The summed E-state index contributed by atoms with van der Waals surface area (Å²) in [6.07, 6.45) is 0.774. The standard InChI is InChI=1S/C28H39N5O6Si/c1-8-40(6,7)20-11-9-10-19(14-20)38-22-15-21(34)24(39-22)25(35)29-23-26(36-4)30-28(31-27(23)37-5)33-13-12-18(17-33)16-32(2)3/h9-11,14-15,18,24H,8,12-13,16-17H2,1-7H3,(H,29,35). The minimum absolute atomic E-state index is 0.0369. The molecule has 1 aromatic carbocycles. The van der Waals surface area contributed by atoms with Gasteiger partial charge in [-0.3, -0.25) is 9.59 Å². The minimum atomic E-state index is -1.58. The van der Waals surface area contributed by atoms with Crippen LogP contribution in [0.4, 0.5) is 11.6 Å². The van der Waals surface area contributed by atoms with Gasteiger partial charge in [0, 0.05) is 19.6 Å². The van der Waals surface area contributed by atoms with Crippen molar-refractivity contribution < 1.29 is 28.5 Å². The monoisotopic (exact) mass is 569 g/mol. The molecule has 40 heavy (non-hydrogen) atoms. The number of carbonyl (C=O) groups is 2. The lowest BCUT2D eigenvalue weighted by Gasteiger charge is -2.21. The van der Waals surface area contributed by atoms with E-state index in [4.69, 9.17) is 18.9 Å². The number of hydrogen-bond acceptors (Lipinski definition) is 10. The van der Waals surface area contributed by atoms with Gasteiger partial charge in [-0.05, 0) is 38.6 Å². The number of ketones is 1. The Balaban J connectivity index is 1.45. The highest BCUT2D eigenvalue weighted by molar-refractivity contribution is 6.89. The van der Waals surface area contributed by atoms with Crippen molar-refractivity contribution in [3.63, 3.8) is 0 Å². The summed E-state index contributed by atoms with van der Waals surface area (Å²) in [6.45, 7) is 9.33. The lowest BCUT2D eigenvalue weighted by Crippen LogP contribution is -2.40. The molecule has 2 unspecified atom stereocenters. The van der Waals surface area contributed by atoms with E-state index in [1.807, 2.05) is 12.1 Å². The van der Waals surface area contributed by atoms with Gasteiger partial charge in [-0.25, -0.2) is 0 Å². The van der Waals surface area contributed by atoms with Crippen LogP contribution in [0.15, 0.2) is 36.3 Å². The first-order valence-corrected chi connectivity index (χ1v) is 16.7. The Bertz CT molecular complexity index is 1260. The molecule has 1 amide bonds. The predicted molar refractivity (Wildman–Crippen MR) is 155 cm³/mol. The van der Waals surface area contributed by atoms with Crippen LogP contribution < -0.4 is 29.6 Å². The predicted octanol–water partition coefficient (Wildman–Crippen LogP) is 2.64. The number of nitrogens with zero attached hydrogens (tertiary/aromatic N) is 4. The molecule has 2 aromatic rings. The molecule has 216 valence electrons. The van der Waals surface area contributed by atoms with Crippen LogP contribution in [0.1, 0.15) is 13.3 Å². The number of nitrogens with one attached hydrogen (secondary N) is 1. The number of benzene rings is 1. The molecular formula is C28H39N5O6Si. The van der Waals surface area contributed by atoms with Crippen molar-refractivity contribution in [3.05, 3.63) is 36.3 Å². The number of aromatic nitrogens is 2. The minimum Gasteiger partial charge on any atom is -0.479 e. The van der Waals surface area contributed by atoms with E-state index in [1.165, 1.54) is 25.5 Å². The van der Waals surface area contributed by atoms with Gasteiger partial charge in [0.2, 0.25) is 29.6 Å². The molecule has 0 bridgehead atoms. The molecule has 2 atom stereocenters. The van der Waals surface area contributed by atoms with Crippen molar-refractivity contribution >= 4 is 36.6 Å². The fraction of sp³-hybridized carbons (Fsp3) is 0.500. The summed E-state index contributed by atoms with van der Waals surface area (Å²) in [5.41, 5.74) is 0.119. The molecule has 0 aliphatic carbocycles. The van der Waals surface area contributed by atoms with Crippen molar-refractivity contribution in [2.75, 3.05) is 58.2 Å². The smallest absolute Gasteiger partial charge is 0.289 e. The van der Waals surface area contributed by atoms with E-state index < -0.39 is 25.9 Å². The Morgan fingerprint density at radius 3 is 2.52 bits per heavy atom. The van der Waals surface area contributed by atoms with Crippen LogP contribution in [0.5, 0.6) is 17.5 Å². The van der Waals surface area contributed by atoms with Crippen molar-refractivity contribution in [1.82, 2.24) is 14.9 Å². The first-order valence-electron chi connectivity index (χ1n) is 13.5. The third-order valence-electron chi connectivity index (χ3n) is 7.37. The van der Waals surface area contributed by atoms with Gasteiger partial charge >= 0.3 is 0 Å². The highest BCUT2D eigenvalue weighted by atomic mass is 28.3. The molecule has 1 fully saturated rings. The molecule has 2 aliphatic heterocycles. The Kier molecular flexibility index (Phi) is 8.99. The maximum Gasteiger partial charge on any atom is 0.289 e. The second kappa shape index (κ2) is 12.3. The highest BCUT2D eigenvalue weighted by Gasteiger charge is 2.37. The molecule has 0 saturated carbocycles. The van der Waals surface area contributed by atoms with Crippen LogP contribution in [-0.4, -0.2) is 88.7 Å². The average molecular weight is 570 g/mol. The summed E-state index contributed by atoms with van der Waals surface area (Å²) in [4.78, 5) is 39.1. The number of hydrogen-bond donors (Lipinski definition) is 1. The summed E-state index contributed by atoms with van der Waals surface area (Å²) in [5.74, 6) is 0.460. The zero-order chi connectivity index (χ0) is 29.0. The Morgan fingerprint density at radius 2 is 1.90 bits per heavy atom. The van der Waals surface area contributed by atoms with Gasteiger partial charge in [0.25, 0.3) is 11.9 Å². The maximum absolute atomic E-state index is 13.1. The van der Waals surface area contributed by atoms with Gasteiger partial charge in [0.1, 0.15) is 5.75 Å². The van der Waals surface area contributed by atoms with Gasteiger partial charge in [-0.15, -0.1) is 0 Å². The van der Waals surface area contributed by atoms with Crippen LogP contribution in [0, 0.1) is 5.92 Å². The van der Waals surface area contributed by atoms with E-state index >= 15 is 0 Å². The fourth-order valence-electron chi connectivity index (χ4n) is 4.76. The first kappa shape index (κ1) is 29.3. The van der Waals surface area contributed by atoms with Crippen LogP contribution in [-0.2, 0) is 14.3 Å². The van der Waals surface area contributed by atoms with E-state index in [1.54, 1.807) is 6.07 Å². The van der Waals surface area contributed by atoms with E-state index in [0.717, 1.165) is 32.1 Å². The van der Waals surface area contributed by atoms with Crippen molar-refractivity contribution in [1.29, 1.82) is 0 Å². The first-order chi connectivity index (χ1) is 19.0. The summed E-state index contributed by atoms with van der Waals surface area (Å²) in [6, 6.07) is 8.86. The van der Waals surface area contributed by atoms with Gasteiger partial charge < -0.3 is 34.1 Å². The van der Waals surface area contributed by atoms with Crippen LogP contribution in [0.25, 0.3) is 0 Å². The van der Waals surface area contributed by atoms with E-state index in [0.29, 0.717) is 17.6 Å². The average Bonchev–Trinajstić information content (AvgIpc) is 3.54. The molecule has 1 aromatic heterocycles. The SMILES string of the molecule is CC[Si](C)(C)c1cccc(OC2=CC(=O)C(C(=O)Nc3c(OC)nc(N4CCC(CN(C)C)C4)nc3OC)O2)c1. The summed E-state index contributed by atoms with van der Waals surface area (Å²) >= 11 is 0. The summed E-state index contributed by atoms with van der Waals surface area (Å²) < 4.78 is 22.4. The highest BCUT2D eigenvalue weighted by Crippen LogP contribution is 2.35. The van der Waals surface area contributed by atoms with Crippen LogP contribution in [0.2, 0.25) is 19.1 Å². The molecule has 0 spiro atoms. The zero-order valence-corrected chi connectivity index (χ0v) is 25.3. The molecule has 11 nitrogen and oxygen atoms in total. The quantitative estimate of drug-likeness (QED) is 0.320. The Hall–Kier alpha value is -3.64. The molecule has 12 heteroatoms. The second-order valence-electron chi connectivity index (χ2n) is 11.0. The molecule has 2 aliphatic rings. The summed E-state index contributed by atoms with van der Waals surface area (Å²) in [5, 5.41) is 3.89. The Labute approximate surface area is 236 Å². The maximum atomic E-state index is 13.1. The number of anilines is 2. The largest absolute Gasteiger partial charge is 0.479 e. The lowest BCUT2D eigenvalue weighted by molar-refractivity contribution is -0.134. The molecule has 3 heterocycles. The fourth-order valence-corrected chi connectivity index (χ4v) is 6.25. The van der Waals surface area contributed by atoms with Crippen molar-refractivity contribution in [3.8, 4) is 17.5 Å². The van der Waals surface area contributed by atoms with Crippen molar-refractivity contribution in [2.45, 2.75) is 38.6 Å². The van der Waals surface area contributed by atoms with Gasteiger partial charge in [0.15, 0.2) is 5.69 Å². The number of rotatable bonds is 11. The zero-order valence-electron chi connectivity index (χ0n) is 24.3. The Morgan fingerprint density at radius 1 is 1.20 bits per heavy atom. The van der Waals surface area contributed by atoms with Gasteiger partial charge in [-0.1, -0.05) is 43.4 Å². The van der Waals surface area contributed by atoms with Gasteiger partial charge in [-0.2, -0.15) is 9.97 Å². The second-order valence-corrected chi connectivity index (χ2v) is 16.1. The normalized spacial score (nSPS) is 18.9.